The Bertz CT molecular complexity index is 15.6. The van der Waals surface area contributed by atoms with Gasteiger partial charge in [-0.3, -0.25) is 0 Å². The summed E-state index contributed by atoms with van der Waals surface area (Å²) in [5, 5.41) is 10.5. The minimum Gasteiger partial charge on any atom is -0.857 e. The van der Waals surface area contributed by atoms with E-state index in [9.17, 15) is 0 Å². The average molecular weight is 105 g/mol. The molecule has 0 amide bonds. The lowest BCUT2D eigenvalue weighted by molar-refractivity contribution is -0.648. The second-order valence-electron chi connectivity index (χ2n) is 1.11. The molecular formula is C5H15NO. The van der Waals surface area contributed by atoms with Crippen LogP contribution in [-0.2, 0) is 0 Å². The summed E-state index contributed by atoms with van der Waals surface area (Å²) in [5.41, 5.74) is 0. The second kappa shape index (κ2) is 16.8. The molecule has 0 aromatic rings. The third-order valence-electron chi connectivity index (χ3n) is 0.577. The SMILES string of the molecule is CC[NH2+]CC.C[O-]. The smallest absolute Gasteiger partial charge is 0.0726 e. The van der Waals surface area contributed by atoms with Crippen LogP contribution >= 0.6 is 0 Å². The van der Waals surface area contributed by atoms with Crippen molar-refractivity contribution < 1.29 is 10.4 Å². The first-order valence-electron chi connectivity index (χ1n) is 2.64. The molecule has 2 N–H and O–H groups in total. The zero-order valence-electron chi connectivity index (χ0n) is 5.40. The summed E-state index contributed by atoms with van der Waals surface area (Å²) in [5.74, 6) is 0. The fraction of sp³-hybridized carbons (Fsp3) is 1.00. The van der Waals surface area contributed by atoms with Gasteiger partial charge in [-0.25, -0.2) is 0 Å². The molecule has 0 spiro atoms. The van der Waals surface area contributed by atoms with Gasteiger partial charge in [-0.2, -0.15) is 7.11 Å². The van der Waals surface area contributed by atoms with E-state index in [1.54, 1.807) is 0 Å². The Balaban J connectivity index is 0. The van der Waals surface area contributed by atoms with Gasteiger partial charge in [0.15, 0.2) is 0 Å². The molecule has 2 heteroatoms. The van der Waals surface area contributed by atoms with E-state index in [0.717, 1.165) is 7.11 Å². The van der Waals surface area contributed by atoms with Crippen LogP contribution in [-0.4, -0.2) is 20.2 Å². The Kier molecular flexibility index (Phi) is 24.1. The molecule has 0 saturated carbocycles. The molecule has 0 aromatic heterocycles. The molecule has 0 bridgehead atoms. The van der Waals surface area contributed by atoms with E-state index in [2.05, 4.69) is 19.2 Å². The normalized spacial score (nSPS) is 6.86. The summed E-state index contributed by atoms with van der Waals surface area (Å²) in [4.78, 5) is 0. The summed E-state index contributed by atoms with van der Waals surface area (Å²) in [6.45, 7) is 6.75. The number of quaternary nitrogens is 1. The second-order valence-corrected chi connectivity index (χ2v) is 1.11. The predicted molar refractivity (Wildman–Crippen MR) is 28.9 cm³/mol. The molecule has 0 atom stereocenters. The molecule has 0 heterocycles. The van der Waals surface area contributed by atoms with E-state index in [4.69, 9.17) is 5.11 Å². The van der Waals surface area contributed by atoms with Crippen molar-refractivity contribution in [2.75, 3.05) is 20.2 Å². The van der Waals surface area contributed by atoms with Crippen LogP contribution in [0.15, 0.2) is 0 Å². The van der Waals surface area contributed by atoms with Gasteiger partial charge < -0.3 is 10.4 Å². The molecule has 0 rings (SSSR count). The molecule has 0 aliphatic carbocycles. The van der Waals surface area contributed by atoms with Crippen LogP contribution in [0.3, 0.4) is 0 Å². The molecule has 0 fully saturated rings. The van der Waals surface area contributed by atoms with Crippen molar-refractivity contribution in [1.82, 2.24) is 0 Å². The first-order valence-corrected chi connectivity index (χ1v) is 2.64. The van der Waals surface area contributed by atoms with Crippen LogP contribution < -0.4 is 10.4 Å². The van der Waals surface area contributed by atoms with Gasteiger partial charge in [0.1, 0.15) is 0 Å². The summed E-state index contributed by atoms with van der Waals surface area (Å²) in [6, 6.07) is 0. The Morgan fingerprint density at radius 3 is 1.43 bits per heavy atom. The molecule has 46 valence electrons. The molecule has 0 unspecified atom stereocenters. The number of hydrogen-bond acceptors (Lipinski definition) is 1. The Hall–Kier alpha value is -0.0800. The van der Waals surface area contributed by atoms with Crippen LogP contribution in [0.25, 0.3) is 0 Å². The molecule has 0 aliphatic rings. The minimum atomic E-state index is 0.750. The number of nitrogens with two attached hydrogens (primary N) is 1. The highest BCUT2D eigenvalue weighted by Gasteiger charge is 1.67. The zero-order valence-corrected chi connectivity index (χ0v) is 5.40. The largest absolute Gasteiger partial charge is 0.857 e. The topological polar surface area (TPSA) is 39.7 Å². The molecular weight excluding hydrogens is 90.1 g/mol. The summed E-state index contributed by atoms with van der Waals surface area (Å²) < 4.78 is 0. The van der Waals surface area contributed by atoms with Crippen molar-refractivity contribution in [2.45, 2.75) is 13.8 Å². The highest BCUT2D eigenvalue weighted by molar-refractivity contribution is 3.95. The number of rotatable bonds is 2. The predicted octanol–water partition coefficient (Wildman–Crippen LogP) is -1.43. The Labute approximate surface area is 45.5 Å². The van der Waals surface area contributed by atoms with Gasteiger partial charge in [-0.05, 0) is 13.8 Å². The summed E-state index contributed by atoms with van der Waals surface area (Å²) >= 11 is 0. The third kappa shape index (κ3) is 24.7. The van der Waals surface area contributed by atoms with Crippen molar-refractivity contribution in [3.05, 3.63) is 0 Å². The van der Waals surface area contributed by atoms with Crippen molar-refractivity contribution in [3.63, 3.8) is 0 Å². The summed E-state index contributed by atoms with van der Waals surface area (Å²) in [7, 11) is 0.750. The van der Waals surface area contributed by atoms with Crippen molar-refractivity contribution in [3.8, 4) is 0 Å². The van der Waals surface area contributed by atoms with Gasteiger partial charge in [-0.15, -0.1) is 0 Å². The fourth-order valence-corrected chi connectivity index (χ4v) is 0.289. The highest BCUT2D eigenvalue weighted by atomic mass is 16.2. The first kappa shape index (κ1) is 10.0. The van der Waals surface area contributed by atoms with E-state index in [0.29, 0.717) is 0 Å². The quantitative estimate of drug-likeness (QED) is 0.459. The lowest BCUT2D eigenvalue weighted by Gasteiger charge is -1.83. The van der Waals surface area contributed by atoms with Crippen LogP contribution in [0.5, 0.6) is 0 Å². The van der Waals surface area contributed by atoms with Crippen LogP contribution in [0.2, 0.25) is 0 Å². The monoisotopic (exact) mass is 105 g/mol. The van der Waals surface area contributed by atoms with Crippen molar-refractivity contribution >= 4 is 0 Å². The van der Waals surface area contributed by atoms with Gasteiger partial charge >= 0.3 is 0 Å². The number of hydrogen-bond donors (Lipinski definition) is 1. The van der Waals surface area contributed by atoms with E-state index < -0.39 is 0 Å². The third-order valence-corrected chi connectivity index (χ3v) is 0.577. The Morgan fingerprint density at radius 1 is 1.14 bits per heavy atom. The van der Waals surface area contributed by atoms with Gasteiger partial charge in [0.05, 0.1) is 13.1 Å². The molecule has 2 nitrogen and oxygen atoms in total. The lowest BCUT2D eigenvalue weighted by atomic mass is 10.7. The zero-order chi connectivity index (χ0) is 6.12. The van der Waals surface area contributed by atoms with E-state index in [1.165, 1.54) is 13.1 Å². The maximum Gasteiger partial charge on any atom is 0.0726 e. The molecule has 0 radical (unpaired) electrons. The molecule has 0 saturated heterocycles. The maximum absolute atomic E-state index is 8.25. The molecule has 7 heavy (non-hydrogen) atoms. The lowest BCUT2D eigenvalue weighted by Crippen LogP contribution is -2.82. The molecule has 0 aliphatic heterocycles. The van der Waals surface area contributed by atoms with Gasteiger partial charge in [-0.1, -0.05) is 0 Å². The van der Waals surface area contributed by atoms with Gasteiger partial charge in [0, 0.05) is 0 Å². The average Bonchev–Trinajstić information content (AvgIpc) is 1.75. The maximum atomic E-state index is 8.25. The fourth-order valence-electron chi connectivity index (χ4n) is 0.289. The highest BCUT2D eigenvalue weighted by Crippen LogP contribution is 1.29. The first-order chi connectivity index (χ1) is 3.41. The van der Waals surface area contributed by atoms with Crippen LogP contribution in [0.4, 0.5) is 0 Å². The Morgan fingerprint density at radius 2 is 1.43 bits per heavy atom. The van der Waals surface area contributed by atoms with E-state index in [-0.39, 0.29) is 0 Å². The van der Waals surface area contributed by atoms with Crippen molar-refractivity contribution in [2.24, 2.45) is 0 Å². The van der Waals surface area contributed by atoms with Gasteiger partial charge in [0.2, 0.25) is 0 Å². The van der Waals surface area contributed by atoms with E-state index in [1.807, 2.05) is 0 Å². The standard InChI is InChI=1S/C4H11N.CH3O/c1-3-5-4-2;1-2/h5H,3-4H2,1-2H3;1H3/q;-1/p+1. The molecule has 0 aromatic carbocycles. The van der Waals surface area contributed by atoms with E-state index >= 15 is 0 Å². The van der Waals surface area contributed by atoms with Crippen molar-refractivity contribution in [1.29, 1.82) is 0 Å². The minimum absolute atomic E-state index is 0.750. The van der Waals surface area contributed by atoms with Crippen LogP contribution in [0, 0.1) is 0 Å². The van der Waals surface area contributed by atoms with Gasteiger partial charge in [0.25, 0.3) is 0 Å². The van der Waals surface area contributed by atoms with Crippen LogP contribution in [0.1, 0.15) is 13.8 Å². The summed E-state index contributed by atoms with van der Waals surface area (Å²) in [6.07, 6.45) is 0.